The Labute approximate surface area is 147 Å². The molecule has 1 N–H and O–H groups in total. The van der Waals surface area contributed by atoms with Crippen molar-refractivity contribution in [2.75, 3.05) is 37.6 Å². The standard InChI is InChI=1S/C20H31ClN2/c1-17(2)6-4-7-18(3)10-11-22-12-14-23(15-13-22)20-9-5-8-19(21)16-20/h5-6,8-9,16,18H,4,7,10-15H2,1-3H3/p+1/t18-/m0/s1. The number of rotatable bonds is 7. The van der Waals surface area contributed by atoms with Crippen molar-refractivity contribution in [1.29, 1.82) is 0 Å². The average molecular weight is 336 g/mol. The number of benzene rings is 1. The van der Waals surface area contributed by atoms with Crippen LogP contribution < -0.4 is 9.80 Å². The molecule has 1 aromatic carbocycles. The highest BCUT2D eigenvalue weighted by Gasteiger charge is 2.20. The zero-order valence-electron chi connectivity index (χ0n) is 14.9. The molecule has 1 aliphatic heterocycles. The van der Waals surface area contributed by atoms with Gasteiger partial charge < -0.3 is 9.80 Å². The lowest BCUT2D eigenvalue weighted by Crippen LogP contribution is -3.14. The Morgan fingerprint density at radius 3 is 2.65 bits per heavy atom. The van der Waals surface area contributed by atoms with Crippen molar-refractivity contribution in [2.45, 2.75) is 40.0 Å². The number of allylic oxidation sites excluding steroid dienone is 2. The Kier molecular flexibility index (Phi) is 7.45. The Hall–Kier alpha value is -0.990. The van der Waals surface area contributed by atoms with Gasteiger partial charge in [0.05, 0.1) is 32.7 Å². The van der Waals surface area contributed by atoms with Crippen molar-refractivity contribution < 1.29 is 4.90 Å². The fraction of sp³-hybridized carbons (Fsp3) is 0.600. The zero-order chi connectivity index (χ0) is 16.7. The van der Waals surface area contributed by atoms with E-state index in [2.05, 4.69) is 43.9 Å². The summed E-state index contributed by atoms with van der Waals surface area (Å²) >= 11 is 6.10. The molecule has 128 valence electrons. The molecule has 0 spiro atoms. The van der Waals surface area contributed by atoms with Gasteiger partial charge in [-0.25, -0.2) is 0 Å². The van der Waals surface area contributed by atoms with Crippen LogP contribution in [-0.2, 0) is 0 Å². The van der Waals surface area contributed by atoms with E-state index >= 15 is 0 Å². The van der Waals surface area contributed by atoms with Crippen molar-refractivity contribution >= 4 is 17.3 Å². The summed E-state index contributed by atoms with van der Waals surface area (Å²) in [6.07, 6.45) is 6.28. The summed E-state index contributed by atoms with van der Waals surface area (Å²) in [5.74, 6) is 0.837. The van der Waals surface area contributed by atoms with Crippen LogP contribution in [0.25, 0.3) is 0 Å². The second-order valence-electron chi connectivity index (χ2n) is 7.22. The molecule has 23 heavy (non-hydrogen) atoms. The number of nitrogens with one attached hydrogen (secondary N) is 1. The Morgan fingerprint density at radius 2 is 2.00 bits per heavy atom. The van der Waals surface area contributed by atoms with E-state index in [1.807, 2.05) is 12.1 Å². The quantitative estimate of drug-likeness (QED) is 0.744. The number of anilines is 1. The third-order valence-corrected chi connectivity index (χ3v) is 5.08. The van der Waals surface area contributed by atoms with Crippen LogP contribution in [0.2, 0.25) is 5.02 Å². The van der Waals surface area contributed by atoms with E-state index < -0.39 is 0 Å². The van der Waals surface area contributed by atoms with Crippen LogP contribution in [0.5, 0.6) is 0 Å². The second-order valence-corrected chi connectivity index (χ2v) is 7.66. The van der Waals surface area contributed by atoms with Crippen molar-refractivity contribution in [2.24, 2.45) is 5.92 Å². The second kappa shape index (κ2) is 9.34. The van der Waals surface area contributed by atoms with Crippen molar-refractivity contribution in [3.8, 4) is 0 Å². The molecule has 0 unspecified atom stereocenters. The van der Waals surface area contributed by atoms with Crippen LogP contribution in [0, 0.1) is 5.92 Å². The number of nitrogens with zero attached hydrogens (tertiary/aromatic N) is 1. The number of quaternary nitrogens is 1. The van der Waals surface area contributed by atoms with E-state index in [0.717, 1.165) is 24.0 Å². The van der Waals surface area contributed by atoms with Gasteiger partial charge in [0.25, 0.3) is 0 Å². The van der Waals surface area contributed by atoms with Gasteiger partial charge in [0.1, 0.15) is 0 Å². The molecule has 1 aromatic rings. The minimum atomic E-state index is 0.836. The van der Waals surface area contributed by atoms with Gasteiger partial charge in [-0.15, -0.1) is 0 Å². The Morgan fingerprint density at radius 1 is 1.26 bits per heavy atom. The molecule has 2 nitrogen and oxygen atoms in total. The average Bonchev–Trinajstić information content (AvgIpc) is 2.53. The minimum absolute atomic E-state index is 0.836. The van der Waals surface area contributed by atoms with Gasteiger partial charge >= 0.3 is 0 Å². The lowest BCUT2D eigenvalue weighted by Gasteiger charge is -2.34. The maximum Gasteiger partial charge on any atom is 0.0949 e. The van der Waals surface area contributed by atoms with Crippen LogP contribution in [0.4, 0.5) is 5.69 Å². The first-order valence-corrected chi connectivity index (χ1v) is 9.40. The maximum atomic E-state index is 6.10. The smallest absolute Gasteiger partial charge is 0.0949 e. The molecule has 1 heterocycles. The number of piperazine rings is 1. The molecule has 0 aliphatic carbocycles. The molecule has 1 aliphatic rings. The molecular weight excluding hydrogens is 304 g/mol. The summed E-state index contributed by atoms with van der Waals surface area (Å²) in [4.78, 5) is 4.23. The van der Waals surface area contributed by atoms with Gasteiger partial charge in [0, 0.05) is 10.7 Å². The van der Waals surface area contributed by atoms with Crippen LogP contribution in [-0.4, -0.2) is 32.7 Å². The number of halogens is 1. The van der Waals surface area contributed by atoms with Crippen LogP contribution in [0.3, 0.4) is 0 Å². The minimum Gasteiger partial charge on any atom is -0.360 e. The highest BCUT2D eigenvalue weighted by Crippen LogP contribution is 2.19. The third kappa shape index (κ3) is 6.56. The molecule has 0 bridgehead atoms. The summed E-state index contributed by atoms with van der Waals surface area (Å²) in [6.45, 7) is 12.9. The highest BCUT2D eigenvalue weighted by atomic mass is 35.5. The van der Waals surface area contributed by atoms with Gasteiger partial charge in [-0.1, -0.05) is 36.2 Å². The maximum absolute atomic E-state index is 6.10. The third-order valence-electron chi connectivity index (χ3n) is 4.85. The van der Waals surface area contributed by atoms with Crippen LogP contribution >= 0.6 is 11.6 Å². The van der Waals surface area contributed by atoms with E-state index in [0.29, 0.717) is 0 Å². The van der Waals surface area contributed by atoms with Crippen molar-refractivity contribution in [3.05, 3.63) is 40.9 Å². The summed E-state index contributed by atoms with van der Waals surface area (Å²) in [5, 5.41) is 0.836. The molecule has 0 saturated carbocycles. The molecule has 0 aromatic heterocycles. The molecule has 1 atom stereocenters. The first-order valence-electron chi connectivity index (χ1n) is 9.02. The largest absolute Gasteiger partial charge is 0.360 e. The molecule has 3 heteroatoms. The van der Waals surface area contributed by atoms with E-state index in [-0.39, 0.29) is 0 Å². The first kappa shape index (κ1) is 18.4. The molecule has 1 saturated heterocycles. The fourth-order valence-electron chi connectivity index (χ4n) is 3.26. The summed E-state index contributed by atoms with van der Waals surface area (Å²) in [5.41, 5.74) is 2.71. The summed E-state index contributed by atoms with van der Waals surface area (Å²) < 4.78 is 0. The lowest BCUT2D eigenvalue weighted by atomic mass is 10.0. The normalized spacial score (nSPS) is 17.1. The first-order chi connectivity index (χ1) is 11.0. The predicted molar refractivity (Wildman–Crippen MR) is 102 cm³/mol. The van der Waals surface area contributed by atoms with E-state index in [4.69, 9.17) is 11.6 Å². The fourth-order valence-corrected chi connectivity index (χ4v) is 3.44. The molecule has 0 amide bonds. The van der Waals surface area contributed by atoms with E-state index in [1.165, 1.54) is 50.2 Å². The Balaban J connectivity index is 1.67. The molecular formula is C20H32ClN2+. The van der Waals surface area contributed by atoms with E-state index in [9.17, 15) is 0 Å². The van der Waals surface area contributed by atoms with Gasteiger partial charge in [-0.3, -0.25) is 0 Å². The van der Waals surface area contributed by atoms with Gasteiger partial charge in [-0.05, 0) is 57.2 Å². The summed E-state index contributed by atoms with van der Waals surface area (Å²) in [7, 11) is 0. The van der Waals surface area contributed by atoms with Crippen LogP contribution in [0.1, 0.15) is 40.0 Å². The molecule has 0 radical (unpaired) electrons. The summed E-state index contributed by atoms with van der Waals surface area (Å²) in [6, 6.07) is 8.24. The topological polar surface area (TPSA) is 7.68 Å². The lowest BCUT2D eigenvalue weighted by molar-refractivity contribution is -0.901. The number of hydrogen-bond donors (Lipinski definition) is 1. The van der Waals surface area contributed by atoms with Gasteiger partial charge in [0.2, 0.25) is 0 Å². The van der Waals surface area contributed by atoms with Crippen LogP contribution in [0.15, 0.2) is 35.9 Å². The Bertz CT molecular complexity index is 500. The monoisotopic (exact) mass is 335 g/mol. The van der Waals surface area contributed by atoms with E-state index in [1.54, 1.807) is 4.90 Å². The van der Waals surface area contributed by atoms with Crippen molar-refractivity contribution in [3.63, 3.8) is 0 Å². The SMILES string of the molecule is CC(C)=CCC[C@H](C)CC[NH+]1CCN(c2cccc(Cl)c2)CC1. The van der Waals surface area contributed by atoms with Gasteiger partial charge in [-0.2, -0.15) is 0 Å². The molecule has 2 rings (SSSR count). The predicted octanol–water partition coefficient (Wildman–Crippen LogP) is 3.82. The number of hydrogen-bond acceptors (Lipinski definition) is 1. The van der Waals surface area contributed by atoms with Crippen molar-refractivity contribution in [1.82, 2.24) is 0 Å². The zero-order valence-corrected chi connectivity index (χ0v) is 15.7. The molecule has 1 fully saturated rings. The van der Waals surface area contributed by atoms with Gasteiger partial charge in [0.15, 0.2) is 0 Å². The highest BCUT2D eigenvalue weighted by molar-refractivity contribution is 6.30.